The molecule has 4 aliphatic carbocycles. The Kier molecular flexibility index (Phi) is 2.53. The highest BCUT2D eigenvalue weighted by Gasteiger charge is 2.87. The van der Waals surface area contributed by atoms with Crippen molar-refractivity contribution >= 4 is 5.69 Å². The number of hydrogen-bond acceptors (Lipinski definition) is 3. The van der Waals surface area contributed by atoms with Gasteiger partial charge in [0.1, 0.15) is 0 Å². The first-order chi connectivity index (χ1) is 11.8. The summed E-state index contributed by atoms with van der Waals surface area (Å²) in [4.78, 5) is 10.7. The lowest BCUT2D eigenvalue weighted by molar-refractivity contribution is -0.384. The van der Waals surface area contributed by atoms with E-state index in [2.05, 4.69) is 33.4 Å². The fourth-order valence-corrected chi connectivity index (χ4v) is 7.47. The molecule has 2 saturated carbocycles. The molecule has 4 nitrogen and oxygen atoms in total. The van der Waals surface area contributed by atoms with Gasteiger partial charge in [-0.15, -0.1) is 0 Å². The fraction of sp³-hybridized carbons (Fsp3) is 0.524. The van der Waals surface area contributed by atoms with Gasteiger partial charge in [-0.1, -0.05) is 44.2 Å². The van der Waals surface area contributed by atoms with Crippen LogP contribution in [0.2, 0.25) is 0 Å². The molecule has 5 aliphatic rings. The summed E-state index contributed by atoms with van der Waals surface area (Å²) in [6.45, 7) is 12.1. The number of hydrogen-bond donors (Lipinski definition) is 0. The van der Waals surface area contributed by atoms with Crippen molar-refractivity contribution in [2.45, 2.75) is 33.1 Å². The Bertz CT molecular complexity index is 856. The second-order valence-electron chi connectivity index (χ2n) is 8.77. The van der Waals surface area contributed by atoms with Crippen LogP contribution in [0.1, 0.15) is 38.7 Å². The van der Waals surface area contributed by atoms with Crippen LogP contribution in [0.3, 0.4) is 0 Å². The maximum atomic E-state index is 11.0. The molecule has 0 N–H and O–H groups in total. The van der Waals surface area contributed by atoms with Crippen molar-refractivity contribution in [2.75, 3.05) is 6.61 Å². The molecular weight excluding hydrogens is 314 g/mol. The summed E-state index contributed by atoms with van der Waals surface area (Å²) in [7, 11) is 0. The molecular formula is C21H23NO3. The van der Waals surface area contributed by atoms with Gasteiger partial charge in [-0.05, 0) is 42.1 Å². The molecule has 4 bridgehead atoms. The standard InChI is InChI=1S/C21H23NO3/c1-12-11-19(3)17(14-5-7-15(8-6-14)22(23)24)20(4)16(12)18(20)21(19)9-10-25-13(21)2/h5-8,11,16-18H,2,9-10H2,1,3-4H3/t16?,17-,18?,19?,20?,21?/m1/s1. The highest BCUT2D eigenvalue weighted by molar-refractivity contribution is 5.54. The number of benzene rings is 1. The average molecular weight is 337 g/mol. The molecule has 1 aliphatic heterocycles. The van der Waals surface area contributed by atoms with Crippen LogP contribution in [0.25, 0.3) is 0 Å². The van der Waals surface area contributed by atoms with Gasteiger partial charge in [-0.2, -0.15) is 0 Å². The van der Waals surface area contributed by atoms with Crippen molar-refractivity contribution in [3.05, 3.63) is 63.9 Å². The van der Waals surface area contributed by atoms with Crippen molar-refractivity contribution in [1.82, 2.24) is 0 Å². The van der Waals surface area contributed by atoms with Gasteiger partial charge in [0.05, 0.1) is 17.3 Å². The number of nitrogens with zero attached hydrogens (tertiary/aromatic N) is 1. The molecule has 0 aromatic heterocycles. The van der Waals surface area contributed by atoms with Gasteiger partial charge in [-0.3, -0.25) is 10.1 Å². The van der Waals surface area contributed by atoms with Crippen LogP contribution in [-0.2, 0) is 4.74 Å². The van der Waals surface area contributed by atoms with Crippen LogP contribution in [0.15, 0.2) is 48.3 Å². The Morgan fingerprint density at radius 3 is 2.52 bits per heavy atom. The quantitative estimate of drug-likeness (QED) is 0.441. The molecule has 5 unspecified atom stereocenters. The number of rotatable bonds is 2. The molecule has 25 heavy (non-hydrogen) atoms. The Hall–Kier alpha value is -2.10. The van der Waals surface area contributed by atoms with Crippen LogP contribution in [0.4, 0.5) is 5.69 Å². The van der Waals surface area contributed by atoms with Gasteiger partial charge in [0.25, 0.3) is 5.69 Å². The number of nitro benzene ring substituents is 1. The van der Waals surface area contributed by atoms with Gasteiger partial charge in [-0.25, -0.2) is 0 Å². The Morgan fingerprint density at radius 2 is 1.96 bits per heavy atom. The number of nitro groups is 1. The van der Waals surface area contributed by atoms with E-state index in [1.54, 1.807) is 12.1 Å². The lowest BCUT2D eigenvalue weighted by Crippen LogP contribution is -2.44. The first-order valence-electron chi connectivity index (χ1n) is 9.04. The van der Waals surface area contributed by atoms with Crippen molar-refractivity contribution in [1.29, 1.82) is 0 Å². The lowest BCUT2D eigenvalue weighted by atomic mass is 9.52. The summed E-state index contributed by atoms with van der Waals surface area (Å²) in [6.07, 6.45) is 3.50. The number of allylic oxidation sites excluding steroid dienone is 3. The van der Waals surface area contributed by atoms with Gasteiger partial charge in [0.15, 0.2) is 0 Å². The molecule has 1 heterocycles. The van der Waals surface area contributed by atoms with Crippen LogP contribution < -0.4 is 0 Å². The monoisotopic (exact) mass is 337 g/mol. The van der Waals surface area contributed by atoms with E-state index in [0.29, 0.717) is 17.8 Å². The second-order valence-corrected chi connectivity index (χ2v) is 8.77. The van der Waals surface area contributed by atoms with Crippen molar-refractivity contribution in [2.24, 2.45) is 28.1 Å². The summed E-state index contributed by atoms with van der Waals surface area (Å²) in [5.41, 5.74) is 3.03. The van der Waals surface area contributed by atoms with E-state index in [1.165, 1.54) is 11.1 Å². The summed E-state index contributed by atoms with van der Waals surface area (Å²) in [5.74, 6) is 2.46. The Balaban J connectivity index is 1.70. The van der Waals surface area contributed by atoms with Crippen molar-refractivity contribution < 1.29 is 9.66 Å². The second kappa shape index (κ2) is 4.17. The van der Waals surface area contributed by atoms with Crippen LogP contribution in [0.5, 0.6) is 0 Å². The molecule has 1 spiro atoms. The molecule has 1 aromatic carbocycles. The Labute approximate surface area is 147 Å². The van der Waals surface area contributed by atoms with Crippen LogP contribution in [-0.4, -0.2) is 11.5 Å². The minimum absolute atomic E-state index is 0.0123. The zero-order chi connectivity index (χ0) is 17.8. The van der Waals surface area contributed by atoms with E-state index in [9.17, 15) is 10.1 Å². The maximum Gasteiger partial charge on any atom is 0.269 e. The lowest BCUT2D eigenvalue weighted by Gasteiger charge is -2.50. The predicted octanol–water partition coefficient (Wildman–Crippen LogP) is 4.83. The molecule has 1 aromatic rings. The Morgan fingerprint density at radius 1 is 1.28 bits per heavy atom. The van der Waals surface area contributed by atoms with Crippen LogP contribution in [0, 0.1) is 38.2 Å². The molecule has 0 radical (unpaired) electrons. The van der Waals surface area contributed by atoms with E-state index in [4.69, 9.17) is 4.74 Å². The summed E-state index contributed by atoms with van der Waals surface area (Å²) < 4.78 is 5.91. The number of ether oxygens (including phenoxy) is 1. The van der Waals surface area contributed by atoms with E-state index < -0.39 is 0 Å². The van der Waals surface area contributed by atoms with Gasteiger partial charge < -0.3 is 4.74 Å². The third-order valence-corrected chi connectivity index (χ3v) is 8.00. The molecule has 1 saturated heterocycles. The van der Waals surface area contributed by atoms with Crippen molar-refractivity contribution in [3.8, 4) is 0 Å². The molecule has 130 valence electrons. The zero-order valence-electron chi connectivity index (χ0n) is 14.9. The largest absolute Gasteiger partial charge is 0.498 e. The summed E-state index contributed by atoms with van der Waals surface area (Å²) in [5, 5.41) is 11.0. The molecule has 6 rings (SSSR count). The maximum absolute atomic E-state index is 11.0. The van der Waals surface area contributed by atoms with Gasteiger partial charge in [0.2, 0.25) is 0 Å². The highest BCUT2D eigenvalue weighted by Crippen LogP contribution is 2.91. The van der Waals surface area contributed by atoms with Gasteiger partial charge in [0, 0.05) is 23.0 Å². The normalized spacial score (nSPS) is 46.1. The predicted molar refractivity (Wildman–Crippen MR) is 94.9 cm³/mol. The first kappa shape index (κ1) is 15.2. The van der Waals surface area contributed by atoms with E-state index in [0.717, 1.165) is 18.8 Å². The molecule has 3 fully saturated rings. The first-order valence-corrected chi connectivity index (χ1v) is 9.04. The topological polar surface area (TPSA) is 52.4 Å². The summed E-state index contributed by atoms with van der Waals surface area (Å²) >= 11 is 0. The zero-order valence-corrected chi connectivity index (χ0v) is 14.9. The van der Waals surface area contributed by atoms with E-state index in [-0.39, 0.29) is 26.9 Å². The average Bonchev–Trinajstić information content (AvgIpc) is 2.94. The SMILES string of the molecule is C=C1OCCC12C1C3C(C)=CC2(C)[C@@H](c2ccc([N+](=O)[O-])cc2)C31C. The molecule has 0 amide bonds. The molecule has 6 atom stereocenters. The fourth-order valence-electron chi connectivity index (χ4n) is 7.47. The van der Waals surface area contributed by atoms with Crippen LogP contribution >= 0.6 is 0 Å². The minimum atomic E-state index is -0.327. The van der Waals surface area contributed by atoms with E-state index in [1.807, 2.05) is 12.1 Å². The smallest absolute Gasteiger partial charge is 0.269 e. The van der Waals surface area contributed by atoms with Crippen molar-refractivity contribution in [3.63, 3.8) is 0 Å². The highest BCUT2D eigenvalue weighted by atomic mass is 16.6. The summed E-state index contributed by atoms with van der Waals surface area (Å²) in [6, 6.07) is 7.22. The van der Waals surface area contributed by atoms with E-state index >= 15 is 0 Å². The number of non-ortho nitro benzene ring substituents is 1. The molecule has 4 heteroatoms. The third-order valence-electron chi connectivity index (χ3n) is 8.00. The minimum Gasteiger partial charge on any atom is -0.498 e. The van der Waals surface area contributed by atoms with Gasteiger partial charge >= 0.3 is 0 Å². The third kappa shape index (κ3) is 1.39.